The highest BCUT2D eigenvalue weighted by molar-refractivity contribution is 7.98. The molecule has 0 aliphatic rings. The predicted molar refractivity (Wildman–Crippen MR) is 95.2 cm³/mol. The van der Waals surface area contributed by atoms with Crippen LogP contribution in [0, 0.1) is 6.92 Å². The number of thioether (sulfide) groups is 1. The van der Waals surface area contributed by atoms with Gasteiger partial charge in [-0.2, -0.15) is 0 Å². The van der Waals surface area contributed by atoms with Gasteiger partial charge in [0.25, 0.3) is 11.8 Å². The number of aromatic nitrogens is 2. The third-order valence-corrected chi connectivity index (χ3v) is 4.07. The van der Waals surface area contributed by atoms with Crippen molar-refractivity contribution in [3.8, 4) is 0 Å². The number of halogens is 1. The van der Waals surface area contributed by atoms with E-state index in [2.05, 4.69) is 20.6 Å². The molecule has 24 heavy (non-hydrogen) atoms. The highest BCUT2D eigenvalue weighted by Crippen LogP contribution is 2.27. The molecule has 1 heterocycles. The number of nitrogens with one attached hydrogen (secondary N) is 2. The lowest BCUT2D eigenvalue weighted by atomic mass is 10.1. The highest BCUT2D eigenvalue weighted by Gasteiger charge is 2.18. The van der Waals surface area contributed by atoms with Crippen LogP contribution in [0.3, 0.4) is 0 Å². The minimum absolute atomic E-state index is 0.00321. The molecule has 0 saturated heterocycles. The van der Waals surface area contributed by atoms with Crippen LogP contribution < -0.4 is 16.4 Å². The Morgan fingerprint density at radius 2 is 2.00 bits per heavy atom. The van der Waals surface area contributed by atoms with Gasteiger partial charge in [-0.1, -0.05) is 29.4 Å². The summed E-state index contributed by atoms with van der Waals surface area (Å²) >= 11 is 7.31. The van der Waals surface area contributed by atoms with Crippen LogP contribution in [0.1, 0.15) is 26.3 Å². The second-order valence-corrected chi connectivity index (χ2v) is 5.95. The molecule has 7 nitrogen and oxygen atoms in total. The van der Waals surface area contributed by atoms with Crippen LogP contribution in [-0.4, -0.2) is 35.1 Å². The molecule has 0 atom stereocenters. The van der Waals surface area contributed by atoms with E-state index in [4.69, 9.17) is 17.3 Å². The standard InChI is InChI=1S/C15H16ClN5O2S/c1-7-4-5-8(6-9(7)14(23)18-2)19-13-10(12(17)22)11(16)20-15(21-13)24-3/h4-6H,1-3H3,(H2,17,22)(H,18,23)(H,19,20,21). The zero-order valence-corrected chi connectivity index (χ0v) is 14.9. The number of nitrogens with zero attached hydrogens (tertiary/aromatic N) is 2. The maximum absolute atomic E-state index is 11.9. The molecule has 4 N–H and O–H groups in total. The number of primary amides is 1. The van der Waals surface area contributed by atoms with Crippen molar-refractivity contribution in [1.29, 1.82) is 0 Å². The van der Waals surface area contributed by atoms with E-state index in [0.717, 1.165) is 5.56 Å². The summed E-state index contributed by atoms with van der Waals surface area (Å²) in [6.07, 6.45) is 1.79. The van der Waals surface area contributed by atoms with Gasteiger partial charge in [0.1, 0.15) is 16.5 Å². The van der Waals surface area contributed by atoms with Crippen molar-refractivity contribution in [2.75, 3.05) is 18.6 Å². The largest absolute Gasteiger partial charge is 0.365 e. The molecular weight excluding hydrogens is 350 g/mol. The Morgan fingerprint density at radius 1 is 1.29 bits per heavy atom. The van der Waals surface area contributed by atoms with Gasteiger partial charge < -0.3 is 16.4 Å². The lowest BCUT2D eigenvalue weighted by molar-refractivity contribution is 0.0960. The van der Waals surface area contributed by atoms with Crippen LogP contribution in [0.2, 0.25) is 5.15 Å². The Bertz CT molecular complexity index is 813. The zero-order chi connectivity index (χ0) is 17.9. The number of aryl methyl sites for hydroxylation is 1. The number of carbonyl (C=O) groups excluding carboxylic acids is 2. The number of anilines is 2. The van der Waals surface area contributed by atoms with Crippen molar-refractivity contribution in [2.45, 2.75) is 12.1 Å². The molecule has 0 aliphatic heterocycles. The summed E-state index contributed by atoms with van der Waals surface area (Å²) in [4.78, 5) is 31.8. The maximum Gasteiger partial charge on any atom is 0.255 e. The minimum Gasteiger partial charge on any atom is -0.365 e. The molecule has 0 radical (unpaired) electrons. The molecule has 0 spiro atoms. The van der Waals surface area contributed by atoms with Crippen molar-refractivity contribution in [3.05, 3.63) is 40.0 Å². The Kier molecular flexibility index (Phi) is 5.63. The van der Waals surface area contributed by atoms with Crippen molar-refractivity contribution < 1.29 is 9.59 Å². The number of rotatable bonds is 5. The Hall–Kier alpha value is -2.32. The van der Waals surface area contributed by atoms with Crippen LogP contribution in [-0.2, 0) is 0 Å². The monoisotopic (exact) mass is 365 g/mol. The van der Waals surface area contributed by atoms with Gasteiger partial charge in [-0.15, -0.1) is 0 Å². The first kappa shape index (κ1) is 18.0. The third-order valence-electron chi connectivity index (χ3n) is 3.25. The average Bonchev–Trinajstić information content (AvgIpc) is 2.54. The predicted octanol–water partition coefficient (Wildman–Crippen LogP) is 2.36. The van der Waals surface area contributed by atoms with Crippen molar-refractivity contribution in [3.63, 3.8) is 0 Å². The quantitative estimate of drug-likeness (QED) is 0.426. The zero-order valence-electron chi connectivity index (χ0n) is 13.3. The van der Waals surface area contributed by atoms with Gasteiger partial charge in [0.05, 0.1) is 0 Å². The fraction of sp³-hybridized carbons (Fsp3) is 0.200. The SMILES string of the molecule is CNC(=O)c1cc(Nc2nc(SC)nc(Cl)c2C(N)=O)ccc1C. The van der Waals surface area contributed by atoms with Crippen molar-refractivity contribution in [1.82, 2.24) is 15.3 Å². The Balaban J connectivity index is 2.49. The van der Waals surface area contributed by atoms with Gasteiger partial charge in [0, 0.05) is 18.3 Å². The molecule has 0 aliphatic carbocycles. The molecule has 0 bridgehead atoms. The lowest BCUT2D eigenvalue weighted by Crippen LogP contribution is -2.19. The molecule has 0 saturated carbocycles. The van der Waals surface area contributed by atoms with Gasteiger partial charge in [-0.25, -0.2) is 9.97 Å². The fourth-order valence-electron chi connectivity index (χ4n) is 2.03. The molecule has 0 fully saturated rings. The van der Waals surface area contributed by atoms with E-state index in [1.165, 1.54) is 11.8 Å². The van der Waals surface area contributed by atoms with Crippen molar-refractivity contribution in [2.24, 2.45) is 5.73 Å². The number of hydrogen-bond acceptors (Lipinski definition) is 6. The molecule has 0 unspecified atom stereocenters. The Labute approximate surface area is 148 Å². The van der Waals surface area contributed by atoms with E-state index >= 15 is 0 Å². The molecule has 2 rings (SSSR count). The third kappa shape index (κ3) is 3.77. The van der Waals surface area contributed by atoms with Gasteiger partial charge in [-0.3, -0.25) is 9.59 Å². The van der Waals surface area contributed by atoms with Crippen LogP contribution in [0.4, 0.5) is 11.5 Å². The van der Waals surface area contributed by atoms with Gasteiger partial charge in [0.15, 0.2) is 5.16 Å². The summed E-state index contributed by atoms with van der Waals surface area (Å²) in [5.74, 6) is -0.760. The van der Waals surface area contributed by atoms with E-state index < -0.39 is 5.91 Å². The molecular formula is C15H16ClN5O2S. The molecule has 126 valence electrons. The summed E-state index contributed by atoms with van der Waals surface area (Å²) in [7, 11) is 1.56. The fourth-order valence-corrected chi connectivity index (χ4v) is 2.71. The van der Waals surface area contributed by atoms with Crippen LogP contribution >= 0.6 is 23.4 Å². The summed E-state index contributed by atoms with van der Waals surface area (Å²) in [6.45, 7) is 1.83. The van der Waals surface area contributed by atoms with Crippen LogP contribution in [0.5, 0.6) is 0 Å². The molecule has 9 heteroatoms. The van der Waals surface area contributed by atoms with Gasteiger partial charge in [0.2, 0.25) is 0 Å². The van der Waals surface area contributed by atoms with Gasteiger partial charge in [-0.05, 0) is 30.9 Å². The maximum atomic E-state index is 11.9. The van der Waals surface area contributed by atoms with E-state index in [0.29, 0.717) is 16.4 Å². The molecule has 2 aromatic rings. The second-order valence-electron chi connectivity index (χ2n) is 4.82. The van der Waals surface area contributed by atoms with E-state index in [1.807, 2.05) is 6.92 Å². The number of hydrogen-bond donors (Lipinski definition) is 3. The number of carbonyl (C=O) groups is 2. The summed E-state index contributed by atoms with van der Waals surface area (Å²) in [6, 6.07) is 5.21. The molecule has 1 aromatic carbocycles. The minimum atomic E-state index is -0.742. The number of amides is 2. The first-order valence-corrected chi connectivity index (χ1v) is 8.48. The molecule has 1 aromatic heterocycles. The smallest absolute Gasteiger partial charge is 0.255 e. The van der Waals surface area contributed by atoms with Crippen LogP contribution in [0.25, 0.3) is 0 Å². The van der Waals surface area contributed by atoms with E-state index in [-0.39, 0.29) is 22.4 Å². The summed E-state index contributed by atoms with van der Waals surface area (Å²) in [5.41, 5.74) is 7.27. The normalized spacial score (nSPS) is 10.3. The Morgan fingerprint density at radius 3 is 2.58 bits per heavy atom. The second kappa shape index (κ2) is 7.50. The van der Waals surface area contributed by atoms with Crippen molar-refractivity contribution >= 4 is 46.7 Å². The first-order chi connectivity index (χ1) is 11.4. The topological polar surface area (TPSA) is 110 Å². The summed E-state index contributed by atoms with van der Waals surface area (Å²) < 4.78 is 0. The first-order valence-electron chi connectivity index (χ1n) is 6.88. The van der Waals surface area contributed by atoms with Gasteiger partial charge >= 0.3 is 0 Å². The number of benzene rings is 1. The van der Waals surface area contributed by atoms with E-state index in [9.17, 15) is 9.59 Å². The van der Waals surface area contributed by atoms with E-state index in [1.54, 1.807) is 31.5 Å². The highest BCUT2D eigenvalue weighted by atomic mass is 35.5. The van der Waals surface area contributed by atoms with Crippen LogP contribution in [0.15, 0.2) is 23.4 Å². The lowest BCUT2D eigenvalue weighted by Gasteiger charge is -2.13. The average molecular weight is 366 g/mol. The number of nitrogens with two attached hydrogens (primary N) is 1. The summed E-state index contributed by atoms with van der Waals surface area (Å²) in [5, 5.41) is 5.94. The molecule has 2 amide bonds.